The third-order valence-electron chi connectivity index (χ3n) is 2.96. The van der Waals surface area contributed by atoms with E-state index in [0.29, 0.717) is 18.3 Å². The first kappa shape index (κ1) is 14.2. The predicted octanol–water partition coefficient (Wildman–Crippen LogP) is 1.72. The molecule has 2 rings (SSSR count). The maximum absolute atomic E-state index is 11.7. The molecule has 0 aromatic carbocycles. The first-order valence-corrected chi connectivity index (χ1v) is 7.41. The molecule has 2 unspecified atom stereocenters. The lowest BCUT2D eigenvalue weighted by molar-refractivity contribution is 0.189. The summed E-state index contributed by atoms with van der Waals surface area (Å²) in [5.41, 5.74) is 0.950. The Morgan fingerprint density at radius 2 is 2.53 bits per heavy atom. The standard InChI is InChI=1S/C12H20N4O2S/c1-3-13-8(2)10-7-19-12(15-10)16-11(17)14-9-4-5-18-6-9/h7-9,13H,3-6H2,1-2H3,(H2,14,15,16,17). The van der Waals surface area contributed by atoms with E-state index in [1.165, 1.54) is 11.3 Å². The minimum absolute atomic E-state index is 0.111. The number of anilines is 1. The average Bonchev–Trinajstić information content (AvgIpc) is 3.00. The summed E-state index contributed by atoms with van der Waals surface area (Å²) in [7, 11) is 0. The lowest BCUT2D eigenvalue weighted by atomic mass is 10.3. The maximum Gasteiger partial charge on any atom is 0.321 e. The van der Waals surface area contributed by atoms with Crippen LogP contribution in [0.25, 0.3) is 0 Å². The third kappa shape index (κ3) is 4.15. The molecule has 6 nitrogen and oxygen atoms in total. The van der Waals surface area contributed by atoms with Crippen LogP contribution < -0.4 is 16.0 Å². The van der Waals surface area contributed by atoms with Gasteiger partial charge in [-0.3, -0.25) is 5.32 Å². The highest BCUT2D eigenvalue weighted by molar-refractivity contribution is 7.13. The van der Waals surface area contributed by atoms with E-state index in [-0.39, 0.29) is 18.1 Å². The first-order valence-electron chi connectivity index (χ1n) is 6.53. The predicted molar refractivity (Wildman–Crippen MR) is 75.6 cm³/mol. The van der Waals surface area contributed by atoms with Gasteiger partial charge in [-0.2, -0.15) is 0 Å². The molecule has 7 heteroatoms. The van der Waals surface area contributed by atoms with Crippen LogP contribution in [0.2, 0.25) is 0 Å². The second-order valence-electron chi connectivity index (χ2n) is 4.52. The van der Waals surface area contributed by atoms with Gasteiger partial charge in [-0.05, 0) is 19.9 Å². The number of hydrogen-bond donors (Lipinski definition) is 3. The molecule has 1 aromatic rings. The number of carbonyl (C=O) groups excluding carboxylic acids is 1. The first-order chi connectivity index (χ1) is 9.19. The molecule has 3 N–H and O–H groups in total. The van der Waals surface area contributed by atoms with Crippen LogP contribution in [0.5, 0.6) is 0 Å². The minimum atomic E-state index is -0.215. The topological polar surface area (TPSA) is 75.3 Å². The zero-order valence-electron chi connectivity index (χ0n) is 11.2. The van der Waals surface area contributed by atoms with Crippen molar-refractivity contribution in [1.29, 1.82) is 0 Å². The number of nitrogens with one attached hydrogen (secondary N) is 3. The van der Waals surface area contributed by atoms with Crippen molar-refractivity contribution in [1.82, 2.24) is 15.6 Å². The van der Waals surface area contributed by atoms with Gasteiger partial charge in [-0.1, -0.05) is 6.92 Å². The Bertz CT molecular complexity index is 418. The molecule has 0 saturated carbocycles. The van der Waals surface area contributed by atoms with Crippen molar-refractivity contribution < 1.29 is 9.53 Å². The number of thiazole rings is 1. The molecule has 1 aliphatic rings. The quantitative estimate of drug-likeness (QED) is 0.769. The third-order valence-corrected chi connectivity index (χ3v) is 3.74. The molecule has 1 aromatic heterocycles. The number of amides is 2. The monoisotopic (exact) mass is 284 g/mol. The van der Waals surface area contributed by atoms with E-state index in [1.54, 1.807) is 0 Å². The van der Waals surface area contributed by atoms with Crippen molar-refractivity contribution >= 4 is 22.5 Å². The van der Waals surface area contributed by atoms with E-state index in [2.05, 4.69) is 34.8 Å². The molecule has 2 heterocycles. The molecule has 1 aliphatic heterocycles. The summed E-state index contributed by atoms with van der Waals surface area (Å²) in [4.78, 5) is 16.1. The summed E-state index contributed by atoms with van der Waals surface area (Å²) in [6, 6.07) is 0.0933. The Balaban J connectivity index is 1.83. The van der Waals surface area contributed by atoms with Crippen LogP contribution in [0.3, 0.4) is 0 Å². The van der Waals surface area contributed by atoms with Gasteiger partial charge in [-0.25, -0.2) is 9.78 Å². The van der Waals surface area contributed by atoms with Gasteiger partial charge in [0.05, 0.1) is 18.3 Å². The molecule has 2 atom stereocenters. The van der Waals surface area contributed by atoms with Crippen LogP contribution in [0.4, 0.5) is 9.93 Å². The number of nitrogens with zero attached hydrogens (tertiary/aromatic N) is 1. The van der Waals surface area contributed by atoms with Gasteiger partial charge in [0.25, 0.3) is 0 Å². The molecule has 1 fully saturated rings. The van der Waals surface area contributed by atoms with Crippen molar-refractivity contribution in [3.8, 4) is 0 Å². The van der Waals surface area contributed by atoms with Gasteiger partial charge in [0.1, 0.15) is 0 Å². The van der Waals surface area contributed by atoms with Gasteiger partial charge in [0, 0.05) is 18.0 Å². The summed E-state index contributed by atoms with van der Waals surface area (Å²) in [5, 5.41) is 11.5. The fourth-order valence-corrected chi connectivity index (χ4v) is 2.72. The smallest absolute Gasteiger partial charge is 0.321 e. The fourth-order valence-electron chi connectivity index (χ4n) is 1.92. The van der Waals surface area contributed by atoms with Crippen LogP contribution in [0.15, 0.2) is 5.38 Å². The Kier molecular flexibility index (Phi) is 5.12. The molecule has 0 spiro atoms. The normalized spacial score (nSPS) is 20.2. The lowest BCUT2D eigenvalue weighted by Crippen LogP contribution is -2.38. The van der Waals surface area contributed by atoms with E-state index < -0.39 is 0 Å². The van der Waals surface area contributed by atoms with Gasteiger partial charge in [-0.15, -0.1) is 11.3 Å². The zero-order valence-corrected chi connectivity index (χ0v) is 12.0. The van der Waals surface area contributed by atoms with Gasteiger partial charge in [0.15, 0.2) is 5.13 Å². The molecule has 1 saturated heterocycles. The average molecular weight is 284 g/mol. The van der Waals surface area contributed by atoms with E-state index in [4.69, 9.17) is 4.74 Å². The van der Waals surface area contributed by atoms with E-state index in [9.17, 15) is 4.79 Å². The molecule has 0 radical (unpaired) electrons. The Hall–Kier alpha value is -1.18. The Morgan fingerprint density at radius 3 is 3.21 bits per heavy atom. The molecule has 0 bridgehead atoms. The van der Waals surface area contributed by atoms with E-state index >= 15 is 0 Å². The SMILES string of the molecule is CCNC(C)c1csc(NC(=O)NC2CCOC2)n1. The number of aromatic nitrogens is 1. The van der Waals surface area contributed by atoms with E-state index in [0.717, 1.165) is 18.7 Å². The number of urea groups is 1. The van der Waals surface area contributed by atoms with Gasteiger partial charge in [0.2, 0.25) is 0 Å². The molecule has 0 aliphatic carbocycles. The van der Waals surface area contributed by atoms with Crippen molar-refractivity contribution in [3.63, 3.8) is 0 Å². The molecule has 19 heavy (non-hydrogen) atoms. The summed E-state index contributed by atoms with van der Waals surface area (Å²) in [6.45, 7) is 6.31. The van der Waals surface area contributed by atoms with Crippen LogP contribution >= 0.6 is 11.3 Å². The zero-order chi connectivity index (χ0) is 13.7. The van der Waals surface area contributed by atoms with Gasteiger partial charge < -0.3 is 15.4 Å². The highest BCUT2D eigenvalue weighted by Gasteiger charge is 2.18. The lowest BCUT2D eigenvalue weighted by Gasteiger charge is -2.10. The van der Waals surface area contributed by atoms with Crippen molar-refractivity contribution in [2.24, 2.45) is 0 Å². The number of carbonyl (C=O) groups is 1. The van der Waals surface area contributed by atoms with Crippen LogP contribution in [0, 0.1) is 0 Å². The van der Waals surface area contributed by atoms with E-state index in [1.807, 2.05) is 5.38 Å². The van der Waals surface area contributed by atoms with Crippen LogP contribution in [-0.4, -0.2) is 36.8 Å². The highest BCUT2D eigenvalue weighted by Crippen LogP contribution is 2.20. The van der Waals surface area contributed by atoms with Gasteiger partial charge >= 0.3 is 6.03 Å². The summed E-state index contributed by atoms with van der Waals surface area (Å²) < 4.78 is 5.21. The Morgan fingerprint density at radius 1 is 1.68 bits per heavy atom. The molecular weight excluding hydrogens is 264 g/mol. The number of ether oxygens (including phenoxy) is 1. The largest absolute Gasteiger partial charge is 0.379 e. The van der Waals surface area contributed by atoms with Crippen molar-refractivity contribution in [3.05, 3.63) is 11.1 Å². The Labute approximate surface area is 116 Å². The number of hydrogen-bond acceptors (Lipinski definition) is 5. The second-order valence-corrected chi connectivity index (χ2v) is 5.37. The van der Waals surface area contributed by atoms with Crippen molar-refractivity contribution in [2.75, 3.05) is 25.1 Å². The molecule has 2 amide bonds. The minimum Gasteiger partial charge on any atom is -0.379 e. The molecular formula is C12H20N4O2S. The highest BCUT2D eigenvalue weighted by atomic mass is 32.1. The molecule has 106 valence electrons. The van der Waals surface area contributed by atoms with Crippen molar-refractivity contribution in [2.45, 2.75) is 32.4 Å². The second kappa shape index (κ2) is 6.83. The summed E-state index contributed by atoms with van der Waals surface area (Å²) >= 11 is 1.44. The van der Waals surface area contributed by atoms with Crippen LogP contribution in [0.1, 0.15) is 32.0 Å². The maximum atomic E-state index is 11.7. The van der Waals surface area contributed by atoms with Crippen LogP contribution in [-0.2, 0) is 4.74 Å². The summed E-state index contributed by atoms with van der Waals surface area (Å²) in [5.74, 6) is 0. The number of rotatable bonds is 5. The summed E-state index contributed by atoms with van der Waals surface area (Å²) in [6.07, 6.45) is 0.869. The fraction of sp³-hybridized carbons (Fsp3) is 0.667.